The molecule has 0 radical (unpaired) electrons. The molecule has 82 valence electrons. The van der Waals surface area contributed by atoms with Gasteiger partial charge in [0.1, 0.15) is 0 Å². The van der Waals surface area contributed by atoms with Gasteiger partial charge in [0.05, 0.1) is 4.20 Å². The number of hydrogen-bond donors (Lipinski definition) is 0. The van der Waals surface area contributed by atoms with Crippen LogP contribution in [-0.2, 0) is 0 Å². The lowest BCUT2D eigenvalue weighted by molar-refractivity contribution is 0.168. The first kappa shape index (κ1) is 12.5. The molecule has 1 rings (SSSR count). The van der Waals surface area contributed by atoms with Crippen molar-refractivity contribution in [1.82, 2.24) is 0 Å². The lowest BCUT2D eigenvalue weighted by atomic mass is 9.70. The number of hydrogen-bond acceptors (Lipinski definition) is 2. The van der Waals surface area contributed by atoms with E-state index < -0.39 is 0 Å². The molecule has 0 aromatic rings. The smallest absolute Gasteiger partial charge is 0.0506 e. The van der Waals surface area contributed by atoms with Crippen molar-refractivity contribution in [3.8, 4) is 0 Å². The first-order valence-corrected chi connectivity index (χ1v) is 7.16. The Bertz CT molecular complexity index is 195. The standard InChI is InChI=1S/C12H22S2/c1-12(2,3)10-7-5-9(6-8-10)11(13)14-4/h9-10H,5-8H2,1-4H3. The Morgan fingerprint density at radius 2 is 1.64 bits per heavy atom. The topological polar surface area (TPSA) is 0 Å². The van der Waals surface area contributed by atoms with Crippen molar-refractivity contribution >= 4 is 28.2 Å². The van der Waals surface area contributed by atoms with Crippen molar-refractivity contribution in [2.45, 2.75) is 46.5 Å². The van der Waals surface area contributed by atoms with E-state index in [1.807, 2.05) is 0 Å². The minimum atomic E-state index is 0.492. The lowest BCUT2D eigenvalue weighted by Gasteiger charge is -2.36. The van der Waals surface area contributed by atoms with E-state index in [4.69, 9.17) is 12.2 Å². The summed E-state index contributed by atoms with van der Waals surface area (Å²) < 4.78 is 1.23. The molecule has 1 aliphatic rings. The van der Waals surface area contributed by atoms with Gasteiger partial charge in [-0.3, -0.25) is 0 Å². The van der Waals surface area contributed by atoms with Crippen molar-refractivity contribution < 1.29 is 0 Å². The summed E-state index contributed by atoms with van der Waals surface area (Å²) in [6, 6.07) is 0. The quantitative estimate of drug-likeness (QED) is 0.607. The predicted octanol–water partition coefficient (Wildman–Crippen LogP) is 4.53. The fourth-order valence-corrected chi connectivity index (χ4v) is 3.17. The third-order valence-corrected chi connectivity index (χ3v) is 5.06. The molecule has 2 heteroatoms. The van der Waals surface area contributed by atoms with Crippen LogP contribution >= 0.6 is 24.0 Å². The zero-order valence-corrected chi connectivity index (χ0v) is 11.4. The maximum absolute atomic E-state index is 5.37. The van der Waals surface area contributed by atoms with Crippen LogP contribution in [0.4, 0.5) is 0 Å². The van der Waals surface area contributed by atoms with Gasteiger partial charge in [0.25, 0.3) is 0 Å². The van der Waals surface area contributed by atoms with Crippen LogP contribution in [0.25, 0.3) is 0 Å². The summed E-state index contributed by atoms with van der Waals surface area (Å²) >= 11 is 7.14. The summed E-state index contributed by atoms with van der Waals surface area (Å²) in [5.41, 5.74) is 0.492. The van der Waals surface area contributed by atoms with Crippen molar-refractivity contribution in [2.75, 3.05) is 6.26 Å². The van der Waals surface area contributed by atoms with Crippen molar-refractivity contribution in [2.24, 2.45) is 17.3 Å². The molecule has 1 aliphatic carbocycles. The summed E-state index contributed by atoms with van der Waals surface area (Å²) in [5, 5.41) is 0. The Labute approximate surface area is 98.2 Å². The van der Waals surface area contributed by atoms with Gasteiger partial charge < -0.3 is 0 Å². The molecule has 0 N–H and O–H groups in total. The summed E-state index contributed by atoms with van der Waals surface area (Å²) in [4.78, 5) is 0. The average Bonchev–Trinajstić information content (AvgIpc) is 2.15. The first-order chi connectivity index (χ1) is 6.45. The van der Waals surface area contributed by atoms with Crippen LogP contribution in [0.15, 0.2) is 0 Å². The van der Waals surface area contributed by atoms with Gasteiger partial charge in [-0.05, 0) is 43.3 Å². The van der Waals surface area contributed by atoms with Crippen molar-refractivity contribution in [1.29, 1.82) is 0 Å². The third-order valence-electron chi connectivity index (χ3n) is 3.49. The van der Waals surface area contributed by atoms with Gasteiger partial charge >= 0.3 is 0 Å². The van der Waals surface area contributed by atoms with E-state index in [-0.39, 0.29) is 0 Å². The van der Waals surface area contributed by atoms with Crippen LogP contribution < -0.4 is 0 Å². The average molecular weight is 230 g/mol. The van der Waals surface area contributed by atoms with Crippen LogP contribution in [0.1, 0.15) is 46.5 Å². The fourth-order valence-electron chi connectivity index (χ4n) is 2.36. The highest BCUT2D eigenvalue weighted by atomic mass is 32.2. The molecular weight excluding hydrogens is 208 g/mol. The molecule has 0 nitrogen and oxygen atoms in total. The van der Waals surface area contributed by atoms with Crippen molar-refractivity contribution in [3.63, 3.8) is 0 Å². The molecule has 0 aliphatic heterocycles. The molecule has 0 saturated heterocycles. The maximum atomic E-state index is 5.37. The molecular formula is C12H22S2. The van der Waals surface area contributed by atoms with E-state index in [0.717, 1.165) is 11.8 Å². The second-order valence-corrected chi connectivity index (χ2v) is 6.98. The van der Waals surface area contributed by atoms with Crippen LogP contribution in [0.2, 0.25) is 0 Å². The molecule has 1 saturated carbocycles. The van der Waals surface area contributed by atoms with E-state index >= 15 is 0 Å². The Hall–Kier alpha value is 0.440. The monoisotopic (exact) mass is 230 g/mol. The highest BCUT2D eigenvalue weighted by Gasteiger charge is 2.30. The van der Waals surface area contributed by atoms with Crippen LogP contribution in [0.5, 0.6) is 0 Å². The van der Waals surface area contributed by atoms with Gasteiger partial charge in [0.2, 0.25) is 0 Å². The number of thioether (sulfide) groups is 1. The molecule has 0 unspecified atom stereocenters. The van der Waals surface area contributed by atoms with Gasteiger partial charge in [-0.2, -0.15) is 0 Å². The summed E-state index contributed by atoms with van der Waals surface area (Å²) in [6.07, 6.45) is 7.49. The Morgan fingerprint density at radius 3 is 2.00 bits per heavy atom. The van der Waals surface area contributed by atoms with Gasteiger partial charge in [-0.25, -0.2) is 0 Å². The Balaban J connectivity index is 2.43. The van der Waals surface area contributed by atoms with Crippen LogP contribution in [-0.4, -0.2) is 10.5 Å². The molecule has 0 atom stereocenters. The molecule has 0 aromatic heterocycles. The molecule has 0 heterocycles. The highest BCUT2D eigenvalue weighted by molar-refractivity contribution is 8.22. The lowest BCUT2D eigenvalue weighted by Crippen LogP contribution is -2.27. The summed E-state index contributed by atoms with van der Waals surface area (Å²) in [7, 11) is 0. The Morgan fingerprint density at radius 1 is 1.14 bits per heavy atom. The predicted molar refractivity (Wildman–Crippen MR) is 71.0 cm³/mol. The van der Waals surface area contributed by atoms with Gasteiger partial charge in [0, 0.05) is 5.92 Å². The minimum absolute atomic E-state index is 0.492. The first-order valence-electron chi connectivity index (χ1n) is 5.53. The molecule has 0 spiro atoms. The SMILES string of the molecule is CSC(=S)C1CCC(C(C)(C)C)CC1. The zero-order valence-electron chi connectivity index (χ0n) is 9.80. The molecule has 1 fully saturated rings. The van der Waals surface area contributed by atoms with Crippen LogP contribution in [0.3, 0.4) is 0 Å². The molecule has 14 heavy (non-hydrogen) atoms. The van der Waals surface area contributed by atoms with Gasteiger partial charge in [0.15, 0.2) is 0 Å². The number of rotatable bonds is 1. The van der Waals surface area contributed by atoms with E-state index in [0.29, 0.717) is 5.41 Å². The van der Waals surface area contributed by atoms with E-state index in [9.17, 15) is 0 Å². The maximum Gasteiger partial charge on any atom is 0.0506 e. The summed E-state index contributed by atoms with van der Waals surface area (Å²) in [5.74, 6) is 1.63. The third kappa shape index (κ3) is 3.23. The normalized spacial score (nSPS) is 28.9. The number of thiocarbonyl (C=S) groups is 1. The van der Waals surface area contributed by atoms with Crippen LogP contribution in [0, 0.1) is 17.3 Å². The zero-order chi connectivity index (χ0) is 10.8. The van der Waals surface area contributed by atoms with E-state index in [1.54, 1.807) is 11.8 Å². The molecule has 0 amide bonds. The van der Waals surface area contributed by atoms with E-state index in [2.05, 4.69) is 27.0 Å². The minimum Gasteiger partial charge on any atom is -0.122 e. The summed E-state index contributed by atoms with van der Waals surface area (Å²) in [6.45, 7) is 7.10. The second-order valence-electron chi connectivity index (χ2n) is 5.44. The highest BCUT2D eigenvalue weighted by Crippen LogP contribution is 2.40. The molecule has 0 aromatic carbocycles. The van der Waals surface area contributed by atoms with Gasteiger partial charge in [-0.1, -0.05) is 33.0 Å². The fraction of sp³-hybridized carbons (Fsp3) is 0.917. The second kappa shape index (κ2) is 4.98. The van der Waals surface area contributed by atoms with E-state index in [1.165, 1.54) is 29.9 Å². The van der Waals surface area contributed by atoms with Gasteiger partial charge in [-0.15, -0.1) is 11.8 Å². The van der Waals surface area contributed by atoms with Crippen molar-refractivity contribution in [3.05, 3.63) is 0 Å². The molecule has 0 bridgehead atoms. The largest absolute Gasteiger partial charge is 0.122 e. The Kier molecular flexibility index (Phi) is 4.45.